The van der Waals surface area contributed by atoms with Gasteiger partial charge in [-0.05, 0) is 37.4 Å². The van der Waals surface area contributed by atoms with Crippen LogP contribution in [0.1, 0.15) is 19.3 Å². The van der Waals surface area contributed by atoms with Gasteiger partial charge in [0.1, 0.15) is 5.69 Å². The molecule has 0 amide bonds. The van der Waals surface area contributed by atoms with E-state index in [1.165, 1.54) is 0 Å². The van der Waals surface area contributed by atoms with E-state index in [4.69, 9.17) is 5.73 Å². The molecule has 1 aromatic rings. The van der Waals surface area contributed by atoms with E-state index >= 15 is 0 Å². The Morgan fingerprint density at radius 1 is 1.53 bits per heavy atom. The molecule has 19 heavy (non-hydrogen) atoms. The topological polar surface area (TPSA) is 72.4 Å². The first-order chi connectivity index (χ1) is 9.04. The molecule has 2 rings (SSSR count). The number of anilines is 1. The molecule has 5 nitrogen and oxygen atoms in total. The van der Waals surface area contributed by atoms with Crippen molar-refractivity contribution < 1.29 is 4.92 Å². The van der Waals surface area contributed by atoms with Gasteiger partial charge < -0.3 is 10.6 Å². The lowest BCUT2D eigenvalue weighted by Crippen LogP contribution is -2.38. The van der Waals surface area contributed by atoms with Gasteiger partial charge in [0.15, 0.2) is 0 Å². The van der Waals surface area contributed by atoms with Crippen LogP contribution in [0.4, 0.5) is 11.4 Å². The van der Waals surface area contributed by atoms with E-state index < -0.39 is 0 Å². The summed E-state index contributed by atoms with van der Waals surface area (Å²) in [4.78, 5) is 12.8. The van der Waals surface area contributed by atoms with Gasteiger partial charge in [-0.3, -0.25) is 10.1 Å². The van der Waals surface area contributed by atoms with Crippen molar-refractivity contribution >= 4 is 27.3 Å². The summed E-state index contributed by atoms with van der Waals surface area (Å²) in [6.07, 6.45) is 3.29. The molecule has 1 fully saturated rings. The molecule has 0 heterocycles. The highest BCUT2D eigenvalue weighted by molar-refractivity contribution is 9.10. The number of nitro benzene ring substituents is 1. The van der Waals surface area contributed by atoms with E-state index in [0.717, 1.165) is 23.7 Å². The third-order valence-electron chi connectivity index (χ3n) is 3.93. The molecule has 1 aliphatic rings. The number of hydrogen-bond acceptors (Lipinski definition) is 4. The van der Waals surface area contributed by atoms with Gasteiger partial charge in [-0.2, -0.15) is 0 Å². The van der Waals surface area contributed by atoms with Gasteiger partial charge in [-0.15, -0.1) is 0 Å². The molecule has 104 valence electrons. The van der Waals surface area contributed by atoms with Gasteiger partial charge in [0, 0.05) is 23.6 Å². The molecule has 1 aromatic carbocycles. The molecular formula is C13H18BrN3O2. The van der Waals surface area contributed by atoms with Crippen LogP contribution in [0, 0.1) is 16.0 Å². The van der Waals surface area contributed by atoms with Gasteiger partial charge in [-0.25, -0.2) is 0 Å². The fourth-order valence-electron chi connectivity index (χ4n) is 2.91. The lowest BCUT2D eigenvalue weighted by atomic mass is 10.0. The molecular weight excluding hydrogens is 310 g/mol. The summed E-state index contributed by atoms with van der Waals surface area (Å²) >= 11 is 3.38. The molecule has 0 aliphatic heterocycles. The zero-order valence-electron chi connectivity index (χ0n) is 10.9. The number of rotatable bonds is 4. The molecule has 2 unspecified atom stereocenters. The van der Waals surface area contributed by atoms with Crippen LogP contribution >= 0.6 is 15.9 Å². The van der Waals surface area contributed by atoms with Crippen molar-refractivity contribution in [3.8, 4) is 0 Å². The Kier molecular flexibility index (Phi) is 4.42. The van der Waals surface area contributed by atoms with Gasteiger partial charge in [-0.1, -0.05) is 22.4 Å². The normalized spacial score (nSPS) is 22.5. The van der Waals surface area contributed by atoms with Crippen molar-refractivity contribution in [3.63, 3.8) is 0 Å². The molecule has 0 aromatic heterocycles. The average molecular weight is 328 g/mol. The fourth-order valence-corrected chi connectivity index (χ4v) is 3.26. The zero-order chi connectivity index (χ0) is 14.0. The summed E-state index contributed by atoms with van der Waals surface area (Å²) in [5.41, 5.74) is 6.60. The van der Waals surface area contributed by atoms with E-state index in [2.05, 4.69) is 15.9 Å². The second kappa shape index (κ2) is 5.88. The maximum atomic E-state index is 11.1. The Hall–Kier alpha value is -1.14. The highest BCUT2D eigenvalue weighted by Crippen LogP contribution is 2.37. The summed E-state index contributed by atoms with van der Waals surface area (Å²) in [5, 5.41) is 11.1. The standard InChI is InChI=1S/C13H18BrN3O2/c1-16(11-4-2-3-9(11)8-15)13-7-10(14)5-6-12(13)17(18)19/h5-7,9,11H,2-4,8,15H2,1H3. The van der Waals surface area contributed by atoms with Crippen LogP contribution in [0.15, 0.2) is 22.7 Å². The van der Waals surface area contributed by atoms with Gasteiger partial charge >= 0.3 is 0 Å². The van der Waals surface area contributed by atoms with Crippen LogP contribution in [0.25, 0.3) is 0 Å². The second-order valence-corrected chi connectivity index (χ2v) is 5.91. The smallest absolute Gasteiger partial charge is 0.292 e. The number of nitrogens with two attached hydrogens (primary N) is 1. The highest BCUT2D eigenvalue weighted by atomic mass is 79.9. The maximum Gasteiger partial charge on any atom is 0.292 e. The predicted octanol–water partition coefficient (Wildman–Crippen LogP) is 2.92. The molecule has 1 aliphatic carbocycles. The van der Waals surface area contributed by atoms with E-state index in [1.54, 1.807) is 12.1 Å². The maximum absolute atomic E-state index is 11.1. The molecule has 0 bridgehead atoms. The van der Waals surface area contributed by atoms with Crippen molar-refractivity contribution in [2.24, 2.45) is 11.7 Å². The molecule has 2 atom stereocenters. The number of nitro groups is 1. The Morgan fingerprint density at radius 2 is 2.26 bits per heavy atom. The van der Waals surface area contributed by atoms with E-state index in [9.17, 15) is 10.1 Å². The summed E-state index contributed by atoms with van der Waals surface area (Å²) in [6.45, 7) is 0.636. The SMILES string of the molecule is CN(c1cc(Br)ccc1[N+](=O)[O-])C1CCCC1CN. The summed E-state index contributed by atoms with van der Waals surface area (Å²) in [7, 11) is 1.92. The average Bonchev–Trinajstić information content (AvgIpc) is 2.85. The van der Waals surface area contributed by atoms with Gasteiger partial charge in [0.25, 0.3) is 5.69 Å². The van der Waals surface area contributed by atoms with Crippen molar-refractivity contribution in [2.45, 2.75) is 25.3 Å². The van der Waals surface area contributed by atoms with Gasteiger partial charge in [0.2, 0.25) is 0 Å². The first kappa shape index (κ1) is 14.3. The third kappa shape index (κ3) is 2.90. The Bertz CT molecular complexity index is 481. The van der Waals surface area contributed by atoms with E-state index in [1.807, 2.05) is 18.0 Å². The highest BCUT2D eigenvalue weighted by Gasteiger charge is 2.32. The molecule has 2 N–H and O–H groups in total. The predicted molar refractivity (Wildman–Crippen MR) is 79.4 cm³/mol. The largest absolute Gasteiger partial charge is 0.366 e. The minimum Gasteiger partial charge on any atom is -0.366 e. The second-order valence-electron chi connectivity index (χ2n) is 5.00. The first-order valence-electron chi connectivity index (χ1n) is 6.41. The Balaban J connectivity index is 2.34. The number of benzene rings is 1. The Labute approximate surface area is 121 Å². The lowest BCUT2D eigenvalue weighted by Gasteiger charge is -2.30. The molecule has 6 heteroatoms. The van der Waals surface area contributed by atoms with Crippen LogP contribution in [-0.4, -0.2) is 24.6 Å². The van der Waals surface area contributed by atoms with Crippen LogP contribution in [-0.2, 0) is 0 Å². The number of hydrogen-bond donors (Lipinski definition) is 1. The minimum atomic E-state index is -0.329. The fraction of sp³-hybridized carbons (Fsp3) is 0.538. The van der Waals surface area contributed by atoms with Crippen LogP contribution in [0.3, 0.4) is 0 Å². The quantitative estimate of drug-likeness (QED) is 0.681. The van der Waals surface area contributed by atoms with E-state index in [0.29, 0.717) is 18.2 Å². The van der Waals surface area contributed by atoms with E-state index in [-0.39, 0.29) is 16.7 Å². The third-order valence-corrected chi connectivity index (χ3v) is 4.43. The monoisotopic (exact) mass is 327 g/mol. The molecule has 0 radical (unpaired) electrons. The van der Waals surface area contributed by atoms with Crippen LogP contribution in [0.5, 0.6) is 0 Å². The summed E-state index contributed by atoms with van der Waals surface area (Å²) < 4.78 is 0.849. The summed E-state index contributed by atoms with van der Waals surface area (Å²) in [6, 6.07) is 5.34. The van der Waals surface area contributed by atoms with Crippen molar-refractivity contribution in [2.75, 3.05) is 18.5 Å². The van der Waals surface area contributed by atoms with Crippen LogP contribution in [0.2, 0.25) is 0 Å². The van der Waals surface area contributed by atoms with Crippen molar-refractivity contribution in [3.05, 3.63) is 32.8 Å². The minimum absolute atomic E-state index is 0.147. The Morgan fingerprint density at radius 3 is 2.89 bits per heavy atom. The molecule has 0 spiro atoms. The first-order valence-corrected chi connectivity index (χ1v) is 7.20. The van der Waals surface area contributed by atoms with Crippen LogP contribution < -0.4 is 10.6 Å². The number of nitrogens with zero attached hydrogens (tertiary/aromatic N) is 2. The lowest BCUT2D eigenvalue weighted by molar-refractivity contribution is -0.384. The zero-order valence-corrected chi connectivity index (χ0v) is 12.5. The summed E-state index contributed by atoms with van der Waals surface area (Å²) in [5.74, 6) is 0.420. The van der Waals surface area contributed by atoms with Gasteiger partial charge in [0.05, 0.1) is 4.92 Å². The molecule has 0 saturated heterocycles. The molecule has 1 saturated carbocycles. The number of halogens is 1. The van der Waals surface area contributed by atoms with Crippen molar-refractivity contribution in [1.82, 2.24) is 0 Å². The van der Waals surface area contributed by atoms with Crippen molar-refractivity contribution in [1.29, 1.82) is 0 Å².